The lowest BCUT2D eigenvalue weighted by atomic mass is 9.99. The molecule has 0 nitrogen and oxygen atoms in total. The molecule has 3 aromatic carbocycles. The van der Waals surface area contributed by atoms with Gasteiger partial charge in [0.05, 0.1) is 0 Å². The van der Waals surface area contributed by atoms with Crippen molar-refractivity contribution >= 4 is 16.8 Å². The molecule has 0 fully saturated rings. The van der Waals surface area contributed by atoms with Crippen molar-refractivity contribution in [1.29, 1.82) is 0 Å². The van der Waals surface area contributed by atoms with E-state index in [1.807, 2.05) is 36.4 Å². The first kappa shape index (κ1) is 13.2. The predicted molar refractivity (Wildman–Crippen MR) is 91.0 cm³/mol. The standard InChI is InChI=1S/C21H16/c1-17-15-16-19-12-6-8-14-21(19)20(17)13-7-5-11-18-9-3-2-4-10-18/h2-4,6-10,12-16H,1H3/b13-7-. The van der Waals surface area contributed by atoms with Gasteiger partial charge in [0.15, 0.2) is 0 Å². The Morgan fingerprint density at radius 3 is 2.43 bits per heavy atom. The maximum atomic E-state index is 3.15. The van der Waals surface area contributed by atoms with Gasteiger partial charge in [0.1, 0.15) is 0 Å². The summed E-state index contributed by atoms with van der Waals surface area (Å²) < 4.78 is 0. The highest BCUT2D eigenvalue weighted by Crippen LogP contribution is 2.23. The van der Waals surface area contributed by atoms with Crippen molar-refractivity contribution in [3.63, 3.8) is 0 Å². The Labute approximate surface area is 125 Å². The van der Waals surface area contributed by atoms with Crippen molar-refractivity contribution in [2.45, 2.75) is 6.92 Å². The lowest BCUT2D eigenvalue weighted by Crippen LogP contribution is -1.83. The molecule has 0 saturated heterocycles. The van der Waals surface area contributed by atoms with E-state index >= 15 is 0 Å². The summed E-state index contributed by atoms with van der Waals surface area (Å²) in [6.45, 7) is 2.14. The molecule has 0 heteroatoms. The minimum Gasteiger partial charge on any atom is -0.0696 e. The largest absolute Gasteiger partial charge is 0.0696 e. The molecular formula is C21H16. The van der Waals surface area contributed by atoms with Gasteiger partial charge in [0.25, 0.3) is 0 Å². The Hall–Kier alpha value is -2.78. The van der Waals surface area contributed by atoms with Crippen molar-refractivity contribution in [3.8, 4) is 11.8 Å². The quantitative estimate of drug-likeness (QED) is 0.531. The zero-order valence-corrected chi connectivity index (χ0v) is 12.0. The van der Waals surface area contributed by atoms with E-state index < -0.39 is 0 Å². The SMILES string of the molecule is Cc1ccc2ccccc2c1/C=C\C#Cc1ccccc1. The molecule has 21 heavy (non-hydrogen) atoms. The van der Waals surface area contributed by atoms with Gasteiger partial charge in [0.2, 0.25) is 0 Å². The molecule has 0 aliphatic heterocycles. The number of aryl methyl sites for hydroxylation is 1. The number of benzene rings is 3. The number of fused-ring (bicyclic) bond motifs is 1. The molecule has 0 aliphatic carbocycles. The molecule has 0 radical (unpaired) electrons. The van der Waals surface area contributed by atoms with E-state index in [-0.39, 0.29) is 0 Å². The van der Waals surface area contributed by atoms with Crippen LogP contribution in [0.25, 0.3) is 16.8 Å². The van der Waals surface area contributed by atoms with E-state index in [0.29, 0.717) is 0 Å². The molecule has 0 aromatic heterocycles. The highest BCUT2D eigenvalue weighted by molar-refractivity contribution is 5.92. The lowest BCUT2D eigenvalue weighted by molar-refractivity contribution is 1.48. The van der Waals surface area contributed by atoms with Gasteiger partial charge in [0, 0.05) is 5.56 Å². The molecule has 0 aliphatic rings. The van der Waals surface area contributed by atoms with Crippen molar-refractivity contribution in [2.24, 2.45) is 0 Å². The van der Waals surface area contributed by atoms with Crippen LogP contribution in [-0.2, 0) is 0 Å². The van der Waals surface area contributed by atoms with Gasteiger partial charge in [-0.15, -0.1) is 0 Å². The third kappa shape index (κ3) is 3.04. The minimum atomic E-state index is 1.04. The van der Waals surface area contributed by atoms with Crippen LogP contribution in [0.1, 0.15) is 16.7 Å². The monoisotopic (exact) mass is 268 g/mol. The third-order valence-corrected chi connectivity index (χ3v) is 3.51. The van der Waals surface area contributed by atoms with Crippen LogP contribution in [0, 0.1) is 18.8 Å². The van der Waals surface area contributed by atoms with Gasteiger partial charge < -0.3 is 0 Å². The van der Waals surface area contributed by atoms with Gasteiger partial charge in [-0.05, 0) is 53.1 Å². The fourth-order valence-corrected chi connectivity index (χ4v) is 2.40. The highest BCUT2D eigenvalue weighted by Gasteiger charge is 2.00. The van der Waals surface area contributed by atoms with Crippen molar-refractivity contribution < 1.29 is 0 Å². The average Bonchev–Trinajstić information content (AvgIpc) is 2.54. The van der Waals surface area contributed by atoms with Crippen molar-refractivity contribution in [1.82, 2.24) is 0 Å². The second-order valence-electron chi connectivity index (χ2n) is 4.99. The Kier molecular flexibility index (Phi) is 3.85. The number of hydrogen-bond acceptors (Lipinski definition) is 0. The van der Waals surface area contributed by atoms with Gasteiger partial charge in [-0.25, -0.2) is 0 Å². The normalized spacial score (nSPS) is 10.5. The molecular weight excluding hydrogens is 252 g/mol. The Morgan fingerprint density at radius 1 is 0.810 bits per heavy atom. The Bertz CT molecular complexity index is 843. The summed E-state index contributed by atoms with van der Waals surface area (Å²) in [5.41, 5.74) is 3.55. The fourth-order valence-electron chi connectivity index (χ4n) is 2.40. The van der Waals surface area contributed by atoms with Gasteiger partial charge in [-0.2, -0.15) is 0 Å². The molecule has 0 N–H and O–H groups in total. The topological polar surface area (TPSA) is 0 Å². The van der Waals surface area contributed by atoms with E-state index in [9.17, 15) is 0 Å². The van der Waals surface area contributed by atoms with Crippen LogP contribution in [0.4, 0.5) is 0 Å². The lowest BCUT2D eigenvalue weighted by Gasteiger charge is -2.05. The predicted octanol–water partition coefficient (Wildman–Crippen LogP) is 5.21. The molecule has 0 unspecified atom stereocenters. The van der Waals surface area contributed by atoms with Crippen LogP contribution < -0.4 is 0 Å². The smallest absolute Gasteiger partial charge is 0.0248 e. The number of rotatable bonds is 1. The fraction of sp³-hybridized carbons (Fsp3) is 0.0476. The van der Waals surface area contributed by atoms with Crippen LogP contribution in [-0.4, -0.2) is 0 Å². The van der Waals surface area contributed by atoms with Crippen LogP contribution >= 0.6 is 0 Å². The zero-order valence-electron chi connectivity index (χ0n) is 12.0. The third-order valence-electron chi connectivity index (χ3n) is 3.51. The van der Waals surface area contributed by atoms with Crippen LogP contribution in [0.2, 0.25) is 0 Å². The summed E-state index contributed by atoms with van der Waals surface area (Å²) in [4.78, 5) is 0. The van der Waals surface area contributed by atoms with Gasteiger partial charge in [-0.1, -0.05) is 66.4 Å². The van der Waals surface area contributed by atoms with Crippen LogP contribution in [0.5, 0.6) is 0 Å². The molecule has 0 amide bonds. The van der Waals surface area contributed by atoms with E-state index in [0.717, 1.165) is 5.56 Å². The van der Waals surface area contributed by atoms with E-state index in [1.165, 1.54) is 21.9 Å². The molecule has 0 bridgehead atoms. The molecule has 0 atom stereocenters. The molecule has 3 aromatic rings. The van der Waals surface area contributed by atoms with Crippen LogP contribution in [0.3, 0.4) is 0 Å². The Balaban J connectivity index is 1.94. The first-order valence-electron chi connectivity index (χ1n) is 7.06. The van der Waals surface area contributed by atoms with E-state index in [2.05, 4.69) is 61.2 Å². The number of allylic oxidation sites excluding steroid dienone is 1. The molecule has 0 heterocycles. The first-order chi connectivity index (χ1) is 10.3. The van der Waals surface area contributed by atoms with Gasteiger partial charge >= 0.3 is 0 Å². The Morgan fingerprint density at radius 2 is 1.57 bits per heavy atom. The summed E-state index contributed by atoms with van der Waals surface area (Å²) >= 11 is 0. The average molecular weight is 268 g/mol. The maximum Gasteiger partial charge on any atom is 0.0248 e. The minimum absolute atomic E-state index is 1.04. The summed E-state index contributed by atoms with van der Waals surface area (Å²) in [7, 11) is 0. The number of hydrogen-bond donors (Lipinski definition) is 0. The first-order valence-corrected chi connectivity index (χ1v) is 7.06. The van der Waals surface area contributed by atoms with Crippen molar-refractivity contribution in [3.05, 3.63) is 89.5 Å². The van der Waals surface area contributed by atoms with E-state index in [1.54, 1.807) is 0 Å². The zero-order chi connectivity index (χ0) is 14.5. The maximum absolute atomic E-state index is 3.15. The highest BCUT2D eigenvalue weighted by atomic mass is 14.0. The second kappa shape index (κ2) is 6.11. The molecule has 3 rings (SSSR count). The summed E-state index contributed by atoms with van der Waals surface area (Å²) in [5.74, 6) is 6.26. The summed E-state index contributed by atoms with van der Waals surface area (Å²) in [6, 6.07) is 22.8. The molecule has 0 spiro atoms. The van der Waals surface area contributed by atoms with Crippen molar-refractivity contribution in [2.75, 3.05) is 0 Å². The summed E-state index contributed by atoms with van der Waals surface area (Å²) in [6.07, 6.45) is 4.04. The van der Waals surface area contributed by atoms with Gasteiger partial charge in [-0.3, -0.25) is 0 Å². The second-order valence-corrected chi connectivity index (χ2v) is 4.99. The van der Waals surface area contributed by atoms with Crippen LogP contribution in [0.15, 0.2) is 72.8 Å². The van der Waals surface area contributed by atoms with E-state index in [4.69, 9.17) is 0 Å². The molecule has 0 saturated carbocycles. The molecule has 100 valence electrons. The summed E-state index contributed by atoms with van der Waals surface area (Å²) in [5, 5.41) is 2.54.